The molecule has 0 aliphatic heterocycles. The van der Waals surface area contributed by atoms with Crippen molar-refractivity contribution in [3.8, 4) is 0 Å². The number of nitrogens with one attached hydrogen (secondary N) is 1. The van der Waals surface area contributed by atoms with Crippen LogP contribution in [0.15, 0.2) is 24.3 Å². The summed E-state index contributed by atoms with van der Waals surface area (Å²) < 4.78 is 0. The summed E-state index contributed by atoms with van der Waals surface area (Å²) >= 11 is 0. The van der Waals surface area contributed by atoms with E-state index in [4.69, 9.17) is 5.11 Å². The van der Waals surface area contributed by atoms with E-state index < -0.39 is 0 Å². The molecular weight excluding hydrogens is 238 g/mol. The quantitative estimate of drug-likeness (QED) is 0.885. The number of hydrogen-bond acceptors (Lipinski definition) is 2. The van der Waals surface area contributed by atoms with Crippen LogP contribution in [0.2, 0.25) is 0 Å². The van der Waals surface area contributed by atoms with Crippen LogP contribution >= 0.6 is 0 Å². The SMILES string of the molecule is O=C1CCCc2c1[nH]c1ccc(C=CCCO)cc21. The Bertz CT molecular complexity index is 652. The van der Waals surface area contributed by atoms with E-state index in [1.54, 1.807) is 0 Å². The average Bonchev–Trinajstić information content (AvgIpc) is 2.79. The first-order chi connectivity index (χ1) is 9.29. The molecule has 1 aliphatic carbocycles. The zero-order valence-corrected chi connectivity index (χ0v) is 10.8. The highest BCUT2D eigenvalue weighted by molar-refractivity contribution is 6.03. The number of ketones is 1. The minimum absolute atomic E-state index is 0.173. The summed E-state index contributed by atoms with van der Waals surface area (Å²) in [6, 6.07) is 6.18. The molecule has 0 spiro atoms. The zero-order chi connectivity index (χ0) is 13.2. The Labute approximate surface area is 112 Å². The number of H-pyrrole nitrogens is 1. The molecule has 0 fully saturated rings. The molecule has 1 heterocycles. The number of carbonyl (C=O) groups is 1. The summed E-state index contributed by atoms with van der Waals surface area (Å²) in [5.41, 5.74) is 4.13. The minimum atomic E-state index is 0.173. The van der Waals surface area contributed by atoms with Gasteiger partial charge in [-0.1, -0.05) is 18.2 Å². The van der Waals surface area contributed by atoms with E-state index >= 15 is 0 Å². The molecule has 3 nitrogen and oxygen atoms in total. The molecule has 19 heavy (non-hydrogen) atoms. The molecule has 0 saturated heterocycles. The first kappa shape index (κ1) is 12.2. The number of fused-ring (bicyclic) bond motifs is 3. The van der Waals surface area contributed by atoms with Crippen molar-refractivity contribution in [3.05, 3.63) is 41.1 Å². The number of Topliss-reactive ketones (excluding diaryl/α,β-unsaturated/α-hetero) is 1. The van der Waals surface area contributed by atoms with Crippen LogP contribution in [0.3, 0.4) is 0 Å². The van der Waals surface area contributed by atoms with Gasteiger partial charge in [0.1, 0.15) is 0 Å². The third kappa shape index (κ3) is 2.22. The molecule has 3 heteroatoms. The highest BCUT2D eigenvalue weighted by Gasteiger charge is 2.21. The zero-order valence-electron chi connectivity index (χ0n) is 10.8. The van der Waals surface area contributed by atoms with E-state index in [1.807, 2.05) is 24.3 Å². The predicted molar refractivity (Wildman–Crippen MR) is 76.3 cm³/mol. The number of hydrogen-bond donors (Lipinski definition) is 2. The molecule has 0 bridgehead atoms. The highest BCUT2D eigenvalue weighted by Crippen LogP contribution is 2.29. The van der Waals surface area contributed by atoms with E-state index in [2.05, 4.69) is 11.1 Å². The molecule has 3 rings (SSSR count). The van der Waals surface area contributed by atoms with E-state index in [0.29, 0.717) is 12.8 Å². The summed E-state index contributed by atoms with van der Waals surface area (Å²) in [4.78, 5) is 15.1. The first-order valence-electron chi connectivity index (χ1n) is 6.75. The van der Waals surface area contributed by atoms with Crippen LogP contribution in [0, 0.1) is 0 Å². The van der Waals surface area contributed by atoms with Gasteiger partial charge >= 0.3 is 0 Å². The molecule has 1 aromatic carbocycles. The number of aliphatic hydroxyl groups is 1. The van der Waals surface area contributed by atoms with Crippen molar-refractivity contribution in [2.45, 2.75) is 25.7 Å². The van der Waals surface area contributed by atoms with Gasteiger partial charge in [-0.3, -0.25) is 4.79 Å². The van der Waals surface area contributed by atoms with E-state index in [9.17, 15) is 4.79 Å². The maximum atomic E-state index is 11.9. The van der Waals surface area contributed by atoms with Gasteiger partial charge in [-0.05, 0) is 42.5 Å². The number of aromatic nitrogens is 1. The van der Waals surface area contributed by atoms with Gasteiger partial charge in [0.15, 0.2) is 5.78 Å². The lowest BCUT2D eigenvalue weighted by molar-refractivity contribution is 0.0968. The van der Waals surface area contributed by atoms with Gasteiger partial charge < -0.3 is 10.1 Å². The van der Waals surface area contributed by atoms with Crippen molar-refractivity contribution in [3.63, 3.8) is 0 Å². The number of aliphatic hydroxyl groups excluding tert-OH is 1. The minimum Gasteiger partial charge on any atom is -0.396 e. The second-order valence-corrected chi connectivity index (χ2v) is 4.97. The standard InChI is InChI=1S/C16H17NO2/c18-9-2-1-4-11-7-8-14-13(10-11)12-5-3-6-15(19)16(12)17-14/h1,4,7-8,10,17-18H,2-3,5-6,9H2. The van der Waals surface area contributed by atoms with Gasteiger partial charge in [0.2, 0.25) is 0 Å². The van der Waals surface area contributed by atoms with Gasteiger partial charge in [-0.2, -0.15) is 0 Å². The average molecular weight is 255 g/mol. The van der Waals surface area contributed by atoms with Crippen LogP contribution in [0.5, 0.6) is 0 Å². The van der Waals surface area contributed by atoms with Crippen LogP contribution in [-0.2, 0) is 6.42 Å². The number of aromatic amines is 1. The third-order valence-corrected chi connectivity index (χ3v) is 3.65. The monoisotopic (exact) mass is 255 g/mol. The van der Waals surface area contributed by atoms with E-state index in [1.165, 1.54) is 5.56 Å². The molecule has 0 radical (unpaired) electrons. The lowest BCUT2D eigenvalue weighted by Crippen LogP contribution is -2.09. The van der Waals surface area contributed by atoms with Crippen LogP contribution in [0.4, 0.5) is 0 Å². The molecule has 2 N–H and O–H groups in total. The number of rotatable bonds is 3. The normalized spacial score (nSPS) is 15.3. The Morgan fingerprint density at radius 1 is 1.32 bits per heavy atom. The molecule has 0 amide bonds. The van der Waals surface area contributed by atoms with Gasteiger partial charge in [-0.15, -0.1) is 0 Å². The fourth-order valence-electron chi connectivity index (χ4n) is 2.71. The van der Waals surface area contributed by atoms with Crippen molar-refractivity contribution < 1.29 is 9.90 Å². The van der Waals surface area contributed by atoms with Crippen LogP contribution in [-0.4, -0.2) is 22.5 Å². The van der Waals surface area contributed by atoms with Crippen molar-refractivity contribution >= 4 is 22.8 Å². The van der Waals surface area contributed by atoms with Gasteiger partial charge in [0.05, 0.1) is 5.69 Å². The molecule has 1 aromatic heterocycles. The molecule has 2 aromatic rings. The maximum Gasteiger partial charge on any atom is 0.179 e. The molecule has 0 unspecified atom stereocenters. The first-order valence-corrected chi connectivity index (χ1v) is 6.75. The lowest BCUT2D eigenvalue weighted by Gasteiger charge is -2.09. The molecule has 0 saturated carbocycles. The van der Waals surface area contributed by atoms with Crippen molar-refractivity contribution in [2.75, 3.05) is 6.61 Å². The Hall–Kier alpha value is -1.87. The Balaban J connectivity index is 2.05. The summed E-state index contributed by atoms with van der Waals surface area (Å²) in [7, 11) is 0. The van der Waals surface area contributed by atoms with Gasteiger partial charge in [-0.25, -0.2) is 0 Å². The van der Waals surface area contributed by atoms with Crippen molar-refractivity contribution in [1.82, 2.24) is 4.98 Å². The van der Waals surface area contributed by atoms with Crippen LogP contribution < -0.4 is 0 Å². The summed E-state index contributed by atoms with van der Waals surface area (Å²) in [6.45, 7) is 0.173. The summed E-state index contributed by atoms with van der Waals surface area (Å²) in [5, 5.41) is 9.94. The van der Waals surface area contributed by atoms with Gasteiger partial charge in [0.25, 0.3) is 0 Å². The molecule has 0 atom stereocenters. The lowest BCUT2D eigenvalue weighted by atomic mass is 9.94. The largest absolute Gasteiger partial charge is 0.396 e. The number of carbonyl (C=O) groups excluding carboxylic acids is 1. The number of aryl methyl sites for hydroxylation is 1. The Morgan fingerprint density at radius 2 is 2.21 bits per heavy atom. The van der Waals surface area contributed by atoms with Gasteiger partial charge in [0, 0.05) is 23.9 Å². The smallest absolute Gasteiger partial charge is 0.179 e. The topological polar surface area (TPSA) is 53.1 Å². The summed E-state index contributed by atoms with van der Waals surface area (Å²) in [6.07, 6.45) is 7.23. The Kier molecular flexibility index (Phi) is 3.22. The predicted octanol–water partition coefficient (Wildman–Crippen LogP) is 3.08. The van der Waals surface area contributed by atoms with Crippen molar-refractivity contribution in [1.29, 1.82) is 0 Å². The van der Waals surface area contributed by atoms with E-state index in [0.717, 1.165) is 35.0 Å². The molecule has 1 aliphatic rings. The Morgan fingerprint density at radius 3 is 3.05 bits per heavy atom. The van der Waals surface area contributed by atoms with Crippen LogP contribution in [0.25, 0.3) is 17.0 Å². The fourth-order valence-corrected chi connectivity index (χ4v) is 2.71. The maximum absolute atomic E-state index is 11.9. The fraction of sp³-hybridized carbons (Fsp3) is 0.312. The second-order valence-electron chi connectivity index (χ2n) is 4.97. The van der Waals surface area contributed by atoms with Crippen LogP contribution in [0.1, 0.15) is 40.9 Å². The van der Waals surface area contributed by atoms with Crippen molar-refractivity contribution in [2.24, 2.45) is 0 Å². The molecular formula is C16H17NO2. The summed E-state index contributed by atoms with van der Waals surface area (Å²) in [5.74, 6) is 0.231. The third-order valence-electron chi connectivity index (χ3n) is 3.65. The number of benzene rings is 1. The second kappa shape index (κ2) is 5.02. The van der Waals surface area contributed by atoms with E-state index in [-0.39, 0.29) is 12.4 Å². The molecule has 98 valence electrons. The highest BCUT2D eigenvalue weighted by atomic mass is 16.2.